The van der Waals surface area contributed by atoms with Crippen LogP contribution < -0.4 is 10.5 Å². The number of hydrogen-bond acceptors (Lipinski definition) is 2. The second kappa shape index (κ2) is 6.77. The lowest BCUT2D eigenvalue weighted by Crippen LogP contribution is -2.19. The lowest BCUT2D eigenvalue weighted by Gasteiger charge is -2.23. The minimum atomic E-state index is 0. The van der Waals surface area contributed by atoms with Gasteiger partial charge in [-0.3, -0.25) is 0 Å². The van der Waals surface area contributed by atoms with Crippen LogP contribution in [0.15, 0.2) is 24.3 Å². The highest BCUT2D eigenvalue weighted by molar-refractivity contribution is 5.85. The standard InChI is InChI=1S/C13H19NO.ClH/c14-10-11-6-8-13(9-7-11)15-12-4-2-1-3-5-12;/h6-9,12H,1-5,10,14H2;1H. The molecule has 0 bridgehead atoms. The van der Waals surface area contributed by atoms with Crippen LogP contribution in [-0.4, -0.2) is 6.10 Å². The van der Waals surface area contributed by atoms with E-state index in [-0.39, 0.29) is 12.4 Å². The molecule has 2 nitrogen and oxygen atoms in total. The molecule has 16 heavy (non-hydrogen) atoms. The van der Waals surface area contributed by atoms with Crippen LogP contribution >= 0.6 is 12.4 Å². The molecular weight excluding hydrogens is 222 g/mol. The SMILES string of the molecule is Cl.NCc1ccc(OC2CCCCC2)cc1. The molecule has 2 N–H and O–H groups in total. The zero-order chi connectivity index (χ0) is 10.5. The fourth-order valence-corrected chi connectivity index (χ4v) is 2.08. The van der Waals surface area contributed by atoms with Gasteiger partial charge >= 0.3 is 0 Å². The second-order valence-corrected chi connectivity index (χ2v) is 4.23. The van der Waals surface area contributed by atoms with Crippen LogP contribution in [0.25, 0.3) is 0 Å². The summed E-state index contributed by atoms with van der Waals surface area (Å²) in [5, 5.41) is 0. The van der Waals surface area contributed by atoms with E-state index in [1.165, 1.54) is 32.1 Å². The lowest BCUT2D eigenvalue weighted by atomic mass is 9.98. The largest absolute Gasteiger partial charge is 0.490 e. The van der Waals surface area contributed by atoms with Crippen molar-refractivity contribution < 1.29 is 4.74 Å². The third-order valence-electron chi connectivity index (χ3n) is 3.01. The first-order valence-corrected chi connectivity index (χ1v) is 5.84. The van der Waals surface area contributed by atoms with E-state index in [4.69, 9.17) is 10.5 Å². The van der Waals surface area contributed by atoms with Crippen LogP contribution in [-0.2, 0) is 6.54 Å². The van der Waals surface area contributed by atoms with Gasteiger partial charge in [0.1, 0.15) is 5.75 Å². The van der Waals surface area contributed by atoms with Gasteiger partial charge in [0, 0.05) is 6.54 Å². The predicted octanol–water partition coefficient (Wildman–Crippen LogP) is 3.28. The summed E-state index contributed by atoms with van der Waals surface area (Å²) < 4.78 is 5.91. The molecule has 0 amide bonds. The van der Waals surface area contributed by atoms with Gasteiger partial charge in [-0.2, -0.15) is 0 Å². The van der Waals surface area contributed by atoms with Gasteiger partial charge in [-0.25, -0.2) is 0 Å². The van der Waals surface area contributed by atoms with Gasteiger partial charge in [-0.05, 0) is 43.4 Å². The summed E-state index contributed by atoms with van der Waals surface area (Å²) in [5.74, 6) is 0.985. The van der Waals surface area contributed by atoms with Gasteiger partial charge in [0.25, 0.3) is 0 Å². The molecule has 0 saturated heterocycles. The zero-order valence-corrected chi connectivity index (χ0v) is 10.3. The molecule has 0 spiro atoms. The maximum atomic E-state index is 5.91. The van der Waals surface area contributed by atoms with Crippen LogP contribution in [0.2, 0.25) is 0 Å². The summed E-state index contributed by atoms with van der Waals surface area (Å²) in [5.41, 5.74) is 6.70. The van der Waals surface area contributed by atoms with E-state index >= 15 is 0 Å². The highest BCUT2D eigenvalue weighted by atomic mass is 35.5. The Morgan fingerprint density at radius 3 is 2.25 bits per heavy atom. The minimum Gasteiger partial charge on any atom is -0.490 e. The van der Waals surface area contributed by atoms with Crippen molar-refractivity contribution in [2.24, 2.45) is 5.73 Å². The maximum Gasteiger partial charge on any atom is 0.119 e. The van der Waals surface area contributed by atoms with Gasteiger partial charge in [0.05, 0.1) is 6.10 Å². The highest BCUT2D eigenvalue weighted by Gasteiger charge is 2.14. The van der Waals surface area contributed by atoms with E-state index < -0.39 is 0 Å². The van der Waals surface area contributed by atoms with Crippen molar-refractivity contribution in [3.63, 3.8) is 0 Å². The molecule has 90 valence electrons. The lowest BCUT2D eigenvalue weighted by molar-refractivity contribution is 0.155. The van der Waals surface area contributed by atoms with Crippen molar-refractivity contribution in [1.29, 1.82) is 0 Å². The number of ether oxygens (including phenoxy) is 1. The smallest absolute Gasteiger partial charge is 0.119 e. The summed E-state index contributed by atoms with van der Waals surface area (Å²) in [7, 11) is 0. The first-order valence-electron chi connectivity index (χ1n) is 5.84. The van der Waals surface area contributed by atoms with Crippen molar-refractivity contribution in [3.05, 3.63) is 29.8 Å². The van der Waals surface area contributed by atoms with Crippen molar-refractivity contribution >= 4 is 12.4 Å². The zero-order valence-electron chi connectivity index (χ0n) is 9.52. The van der Waals surface area contributed by atoms with Crippen LogP contribution in [0, 0.1) is 0 Å². The molecule has 0 aliphatic heterocycles. The second-order valence-electron chi connectivity index (χ2n) is 4.23. The summed E-state index contributed by atoms with van der Waals surface area (Å²) in [6, 6.07) is 8.13. The monoisotopic (exact) mass is 241 g/mol. The first-order chi connectivity index (χ1) is 7.38. The Hall–Kier alpha value is -0.730. The Labute approximate surface area is 104 Å². The molecule has 1 aliphatic carbocycles. The Morgan fingerprint density at radius 1 is 1.06 bits per heavy atom. The fourth-order valence-electron chi connectivity index (χ4n) is 2.08. The molecule has 1 aliphatic rings. The van der Waals surface area contributed by atoms with Gasteiger partial charge in [-0.1, -0.05) is 18.6 Å². The minimum absolute atomic E-state index is 0. The maximum absolute atomic E-state index is 5.91. The molecule has 0 atom stereocenters. The van der Waals surface area contributed by atoms with Crippen molar-refractivity contribution in [2.75, 3.05) is 0 Å². The highest BCUT2D eigenvalue weighted by Crippen LogP contribution is 2.23. The molecule has 0 radical (unpaired) electrons. The van der Waals surface area contributed by atoms with E-state index in [2.05, 4.69) is 0 Å². The predicted molar refractivity (Wildman–Crippen MR) is 69.1 cm³/mol. The Morgan fingerprint density at radius 2 is 1.69 bits per heavy atom. The third kappa shape index (κ3) is 3.69. The topological polar surface area (TPSA) is 35.2 Å². The molecule has 0 heterocycles. The van der Waals surface area contributed by atoms with Crippen molar-refractivity contribution in [3.8, 4) is 5.75 Å². The quantitative estimate of drug-likeness (QED) is 0.882. The fraction of sp³-hybridized carbons (Fsp3) is 0.538. The Kier molecular flexibility index (Phi) is 5.64. The van der Waals surface area contributed by atoms with Gasteiger partial charge in [0.15, 0.2) is 0 Å². The number of rotatable bonds is 3. The summed E-state index contributed by atoms with van der Waals surface area (Å²) >= 11 is 0. The summed E-state index contributed by atoms with van der Waals surface area (Å²) in [6.07, 6.45) is 6.84. The van der Waals surface area contributed by atoms with Crippen LogP contribution in [0.5, 0.6) is 5.75 Å². The molecule has 3 heteroatoms. The Bertz CT molecular complexity index is 293. The van der Waals surface area contributed by atoms with E-state index in [0.29, 0.717) is 12.6 Å². The summed E-state index contributed by atoms with van der Waals surface area (Å²) in [4.78, 5) is 0. The van der Waals surface area contributed by atoms with Crippen molar-refractivity contribution in [2.45, 2.75) is 44.8 Å². The molecule has 1 saturated carbocycles. The van der Waals surface area contributed by atoms with Crippen LogP contribution in [0.1, 0.15) is 37.7 Å². The van der Waals surface area contributed by atoms with E-state index in [0.717, 1.165) is 11.3 Å². The third-order valence-corrected chi connectivity index (χ3v) is 3.01. The number of nitrogens with two attached hydrogens (primary N) is 1. The molecule has 1 aromatic rings. The van der Waals surface area contributed by atoms with E-state index in [9.17, 15) is 0 Å². The summed E-state index contributed by atoms with van der Waals surface area (Å²) in [6.45, 7) is 0.601. The van der Waals surface area contributed by atoms with Gasteiger partial charge < -0.3 is 10.5 Å². The first kappa shape index (κ1) is 13.3. The average Bonchev–Trinajstić information content (AvgIpc) is 2.31. The number of benzene rings is 1. The average molecular weight is 242 g/mol. The van der Waals surface area contributed by atoms with Crippen molar-refractivity contribution in [1.82, 2.24) is 0 Å². The molecular formula is C13H20ClNO. The molecule has 0 aromatic heterocycles. The number of halogens is 1. The molecule has 2 rings (SSSR count). The van der Waals surface area contributed by atoms with Crippen LogP contribution in [0.4, 0.5) is 0 Å². The Balaban J connectivity index is 0.00000128. The number of hydrogen-bond donors (Lipinski definition) is 1. The van der Waals surface area contributed by atoms with E-state index in [1.807, 2.05) is 24.3 Å². The molecule has 1 fully saturated rings. The van der Waals surface area contributed by atoms with Gasteiger partial charge in [-0.15, -0.1) is 12.4 Å². The molecule has 0 unspecified atom stereocenters. The van der Waals surface area contributed by atoms with E-state index in [1.54, 1.807) is 0 Å². The van der Waals surface area contributed by atoms with Crippen LogP contribution in [0.3, 0.4) is 0 Å². The normalized spacial score (nSPS) is 16.6. The molecule has 1 aromatic carbocycles. The van der Waals surface area contributed by atoms with Gasteiger partial charge in [0.2, 0.25) is 0 Å².